The second-order valence-corrected chi connectivity index (χ2v) is 3.29. The summed E-state index contributed by atoms with van der Waals surface area (Å²) in [5.41, 5.74) is -0.225. The number of nitrogens with one attached hydrogen (secondary N) is 1. The quantitative estimate of drug-likeness (QED) is 0.911. The molecule has 2 rings (SSSR count). The fraction of sp³-hybridized carbons (Fsp3) is 0. The van der Waals surface area contributed by atoms with Gasteiger partial charge in [-0.25, -0.2) is 8.78 Å². The molecule has 0 bridgehead atoms. The average Bonchev–Trinajstić information content (AvgIpc) is 2.35. The van der Waals surface area contributed by atoms with E-state index in [-0.39, 0.29) is 18.0 Å². The molecule has 1 aromatic heterocycles. The second-order valence-electron chi connectivity index (χ2n) is 3.29. The van der Waals surface area contributed by atoms with E-state index >= 15 is 0 Å². The number of pyridine rings is 1. The third-order valence-corrected chi connectivity index (χ3v) is 2.13. The summed E-state index contributed by atoms with van der Waals surface area (Å²) in [6.07, 6.45) is 2.81. The number of amides is 1. The van der Waals surface area contributed by atoms with Crippen LogP contribution in [0.25, 0.3) is 0 Å². The van der Waals surface area contributed by atoms with Crippen molar-refractivity contribution in [3.8, 4) is 0 Å². The summed E-state index contributed by atoms with van der Waals surface area (Å²) >= 11 is 0. The highest BCUT2D eigenvalue weighted by atomic mass is 35.5. The molecule has 0 saturated heterocycles. The topological polar surface area (TPSA) is 42.0 Å². The SMILES string of the molecule is Cl.O=C(Nc1c(F)cccc1F)c1cccnc1. The highest BCUT2D eigenvalue weighted by Crippen LogP contribution is 2.18. The molecule has 3 nitrogen and oxygen atoms in total. The Morgan fingerprint density at radius 1 is 1.11 bits per heavy atom. The Balaban J connectivity index is 0.00000162. The number of benzene rings is 1. The summed E-state index contributed by atoms with van der Waals surface area (Å²) in [6, 6.07) is 6.43. The number of nitrogens with zero attached hydrogens (tertiary/aromatic N) is 1. The first-order valence-electron chi connectivity index (χ1n) is 4.84. The number of hydrogen-bond acceptors (Lipinski definition) is 2. The Hall–Kier alpha value is -2.01. The van der Waals surface area contributed by atoms with E-state index < -0.39 is 23.2 Å². The van der Waals surface area contributed by atoms with E-state index in [1.165, 1.54) is 24.5 Å². The maximum atomic E-state index is 13.3. The summed E-state index contributed by atoms with van der Waals surface area (Å²) in [5.74, 6) is -2.24. The zero-order valence-electron chi connectivity index (χ0n) is 9.06. The Bertz CT molecular complexity index is 529. The molecule has 0 radical (unpaired) electrons. The highest BCUT2D eigenvalue weighted by molar-refractivity contribution is 6.04. The minimum absolute atomic E-state index is 0. The van der Waals surface area contributed by atoms with Crippen molar-refractivity contribution in [2.45, 2.75) is 0 Å². The van der Waals surface area contributed by atoms with E-state index in [4.69, 9.17) is 0 Å². The maximum Gasteiger partial charge on any atom is 0.257 e. The van der Waals surface area contributed by atoms with Gasteiger partial charge in [-0.05, 0) is 24.3 Å². The summed E-state index contributed by atoms with van der Waals surface area (Å²) in [6.45, 7) is 0. The number of para-hydroxylation sites is 1. The molecule has 1 N–H and O–H groups in total. The molecule has 1 aromatic carbocycles. The molecule has 0 atom stereocenters. The van der Waals surface area contributed by atoms with Crippen LogP contribution in [-0.4, -0.2) is 10.9 Å². The van der Waals surface area contributed by atoms with E-state index in [1.54, 1.807) is 6.07 Å². The standard InChI is InChI=1S/C12H8F2N2O.ClH/c13-9-4-1-5-10(14)11(9)16-12(17)8-3-2-6-15-7-8;/h1-7H,(H,16,17);1H. The largest absolute Gasteiger partial charge is 0.317 e. The fourth-order valence-electron chi connectivity index (χ4n) is 1.30. The lowest BCUT2D eigenvalue weighted by Gasteiger charge is -2.06. The van der Waals surface area contributed by atoms with Crippen molar-refractivity contribution in [3.05, 3.63) is 59.9 Å². The molecule has 0 unspecified atom stereocenters. The van der Waals surface area contributed by atoms with Gasteiger partial charge < -0.3 is 5.32 Å². The van der Waals surface area contributed by atoms with Gasteiger partial charge in [-0.2, -0.15) is 0 Å². The molecular formula is C12H9ClF2N2O. The van der Waals surface area contributed by atoms with E-state index in [1.807, 2.05) is 0 Å². The summed E-state index contributed by atoms with van der Waals surface area (Å²) in [5, 5.41) is 2.17. The zero-order chi connectivity index (χ0) is 12.3. The smallest absolute Gasteiger partial charge is 0.257 e. The van der Waals surface area contributed by atoms with Crippen molar-refractivity contribution < 1.29 is 13.6 Å². The first kappa shape index (κ1) is 14.1. The van der Waals surface area contributed by atoms with E-state index in [0.717, 1.165) is 12.1 Å². The minimum Gasteiger partial charge on any atom is -0.317 e. The van der Waals surface area contributed by atoms with Crippen molar-refractivity contribution in [3.63, 3.8) is 0 Å². The van der Waals surface area contributed by atoms with Crippen LogP contribution in [0.5, 0.6) is 0 Å². The monoisotopic (exact) mass is 270 g/mol. The molecular weight excluding hydrogens is 262 g/mol. The molecule has 1 heterocycles. The van der Waals surface area contributed by atoms with Gasteiger partial charge in [0.25, 0.3) is 5.91 Å². The Morgan fingerprint density at radius 2 is 1.78 bits per heavy atom. The van der Waals surface area contributed by atoms with Crippen molar-refractivity contribution in [1.29, 1.82) is 0 Å². The zero-order valence-corrected chi connectivity index (χ0v) is 9.88. The molecule has 18 heavy (non-hydrogen) atoms. The van der Waals surface area contributed by atoms with Crippen LogP contribution in [0.15, 0.2) is 42.7 Å². The molecule has 0 spiro atoms. The molecule has 0 saturated carbocycles. The van der Waals surface area contributed by atoms with Gasteiger partial charge in [0, 0.05) is 12.4 Å². The van der Waals surface area contributed by atoms with Crippen LogP contribution in [0.3, 0.4) is 0 Å². The molecule has 0 aliphatic rings. The Kier molecular flexibility index (Phi) is 4.74. The molecule has 1 amide bonds. The van der Waals surface area contributed by atoms with Gasteiger partial charge in [0.1, 0.15) is 17.3 Å². The predicted molar refractivity (Wildman–Crippen MR) is 65.8 cm³/mol. The van der Waals surface area contributed by atoms with Crippen molar-refractivity contribution >= 4 is 24.0 Å². The van der Waals surface area contributed by atoms with Gasteiger partial charge >= 0.3 is 0 Å². The summed E-state index contributed by atoms with van der Waals surface area (Å²) in [7, 11) is 0. The fourth-order valence-corrected chi connectivity index (χ4v) is 1.30. The Labute approximate surface area is 108 Å². The van der Waals surface area contributed by atoms with Crippen LogP contribution in [0.1, 0.15) is 10.4 Å². The van der Waals surface area contributed by atoms with Gasteiger partial charge in [0.05, 0.1) is 5.56 Å². The van der Waals surface area contributed by atoms with E-state index in [0.29, 0.717) is 0 Å². The average molecular weight is 271 g/mol. The normalized spacial score (nSPS) is 9.44. The number of hydrogen-bond donors (Lipinski definition) is 1. The highest BCUT2D eigenvalue weighted by Gasteiger charge is 2.12. The lowest BCUT2D eigenvalue weighted by Crippen LogP contribution is -2.14. The predicted octanol–water partition coefficient (Wildman–Crippen LogP) is 3.03. The summed E-state index contributed by atoms with van der Waals surface area (Å²) in [4.78, 5) is 15.4. The van der Waals surface area contributed by atoms with Crippen LogP contribution in [-0.2, 0) is 0 Å². The number of anilines is 1. The molecule has 0 fully saturated rings. The van der Waals surface area contributed by atoms with Gasteiger partial charge in [0.2, 0.25) is 0 Å². The van der Waals surface area contributed by atoms with Gasteiger partial charge in [-0.15, -0.1) is 12.4 Å². The van der Waals surface area contributed by atoms with Crippen LogP contribution in [0, 0.1) is 11.6 Å². The molecule has 0 aliphatic heterocycles. The number of rotatable bonds is 2. The third-order valence-electron chi connectivity index (χ3n) is 2.13. The van der Waals surface area contributed by atoms with Gasteiger partial charge in [0.15, 0.2) is 0 Å². The number of carbonyl (C=O) groups is 1. The number of carbonyl (C=O) groups excluding carboxylic acids is 1. The van der Waals surface area contributed by atoms with E-state index in [9.17, 15) is 13.6 Å². The van der Waals surface area contributed by atoms with Gasteiger partial charge in [-0.1, -0.05) is 6.07 Å². The van der Waals surface area contributed by atoms with Crippen LogP contribution < -0.4 is 5.32 Å². The third kappa shape index (κ3) is 3.01. The van der Waals surface area contributed by atoms with Crippen LogP contribution in [0.2, 0.25) is 0 Å². The minimum atomic E-state index is -0.817. The van der Waals surface area contributed by atoms with Crippen LogP contribution in [0.4, 0.5) is 14.5 Å². The molecule has 6 heteroatoms. The first-order chi connectivity index (χ1) is 8.18. The molecule has 94 valence electrons. The van der Waals surface area contributed by atoms with E-state index in [2.05, 4.69) is 10.3 Å². The lowest BCUT2D eigenvalue weighted by atomic mass is 10.2. The van der Waals surface area contributed by atoms with Crippen molar-refractivity contribution in [1.82, 2.24) is 4.98 Å². The second kappa shape index (κ2) is 6.07. The number of aromatic nitrogens is 1. The lowest BCUT2D eigenvalue weighted by molar-refractivity contribution is 0.102. The Morgan fingerprint density at radius 3 is 2.33 bits per heavy atom. The van der Waals surface area contributed by atoms with Crippen molar-refractivity contribution in [2.24, 2.45) is 0 Å². The summed E-state index contributed by atoms with van der Waals surface area (Å²) < 4.78 is 26.5. The molecule has 0 aliphatic carbocycles. The van der Waals surface area contributed by atoms with Gasteiger partial charge in [-0.3, -0.25) is 9.78 Å². The molecule has 2 aromatic rings. The maximum absolute atomic E-state index is 13.3. The van der Waals surface area contributed by atoms with Crippen molar-refractivity contribution in [2.75, 3.05) is 5.32 Å². The van der Waals surface area contributed by atoms with Crippen LogP contribution >= 0.6 is 12.4 Å². The number of halogens is 3. The first-order valence-corrected chi connectivity index (χ1v) is 4.84.